The molecule has 0 fully saturated rings. The first-order valence-corrected chi connectivity index (χ1v) is 7.57. The molecule has 0 saturated carbocycles. The van der Waals surface area contributed by atoms with Crippen LogP contribution in [0.5, 0.6) is 0 Å². The van der Waals surface area contributed by atoms with Gasteiger partial charge < -0.3 is 10.1 Å². The van der Waals surface area contributed by atoms with E-state index in [9.17, 15) is 4.79 Å². The van der Waals surface area contributed by atoms with E-state index in [2.05, 4.69) is 34.7 Å². The van der Waals surface area contributed by atoms with Crippen LogP contribution in [0, 0.1) is 0 Å². The van der Waals surface area contributed by atoms with Gasteiger partial charge in [-0.05, 0) is 34.1 Å². The highest BCUT2D eigenvalue weighted by Crippen LogP contribution is 2.14. The predicted octanol–water partition coefficient (Wildman–Crippen LogP) is 3.43. The fraction of sp³-hybridized carbons (Fsp3) is 0.733. The Morgan fingerprint density at radius 2 is 2.19 bits per heavy atom. The zero-order chi connectivity index (χ0) is 15.9. The highest BCUT2D eigenvalue weighted by Gasteiger charge is 2.18. The van der Waals surface area contributed by atoms with Crippen molar-refractivity contribution in [3.05, 3.63) is 11.8 Å². The largest absolute Gasteiger partial charge is 0.444 e. The van der Waals surface area contributed by atoms with Crippen LogP contribution >= 0.6 is 0 Å². The molecule has 3 N–H and O–H groups in total. The van der Waals surface area contributed by atoms with Gasteiger partial charge in [-0.25, -0.2) is 4.79 Å². The van der Waals surface area contributed by atoms with Gasteiger partial charge in [-0.1, -0.05) is 19.8 Å². The number of hydrogen-bond donors (Lipinski definition) is 3. The first kappa shape index (κ1) is 17.5. The van der Waals surface area contributed by atoms with Crippen molar-refractivity contribution >= 4 is 11.9 Å². The van der Waals surface area contributed by atoms with E-state index in [0.29, 0.717) is 18.4 Å². The fourth-order valence-electron chi connectivity index (χ4n) is 1.86. The van der Waals surface area contributed by atoms with Gasteiger partial charge in [-0.2, -0.15) is 5.10 Å². The molecule has 1 heterocycles. The first-order valence-electron chi connectivity index (χ1n) is 7.57. The highest BCUT2D eigenvalue weighted by molar-refractivity contribution is 5.84. The summed E-state index contributed by atoms with van der Waals surface area (Å²) in [4.78, 5) is 11.8. The highest BCUT2D eigenvalue weighted by atomic mass is 16.6. The molecule has 6 heteroatoms. The summed E-state index contributed by atoms with van der Waals surface area (Å²) in [6.07, 6.45) is 4.79. The number of nitrogens with one attached hydrogen (secondary N) is 3. The van der Waals surface area contributed by atoms with Crippen molar-refractivity contribution in [3.8, 4) is 0 Å². The van der Waals surface area contributed by atoms with E-state index in [1.165, 1.54) is 12.8 Å². The van der Waals surface area contributed by atoms with Crippen LogP contribution in [0.2, 0.25) is 0 Å². The number of nitrogens with zero attached hydrogens (tertiary/aromatic N) is 1. The Morgan fingerprint density at radius 1 is 1.48 bits per heavy atom. The number of amides is 1. The summed E-state index contributed by atoms with van der Waals surface area (Å²) < 4.78 is 5.23. The van der Waals surface area contributed by atoms with Crippen molar-refractivity contribution in [2.45, 2.75) is 72.1 Å². The Bertz CT molecular complexity index is 437. The summed E-state index contributed by atoms with van der Waals surface area (Å²) in [6.45, 7) is 10.5. The van der Waals surface area contributed by atoms with E-state index < -0.39 is 11.7 Å². The summed E-state index contributed by atoms with van der Waals surface area (Å²) in [5.74, 6) is 0.583. The van der Waals surface area contributed by atoms with Crippen LogP contribution < -0.4 is 10.6 Å². The molecule has 1 rings (SSSR count). The van der Waals surface area contributed by atoms with Gasteiger partial charge >= 0.3 is 6.09 Å². The molecule has 1 atom stereocenters. The molecule has 0 aliphatic heterocycles. The second-order valence-corrected chi connectivity index (χ2v) is 6.32. The number of carbonyl (C=O) groups is 1. The van der Waals surface area contributed by atoms with Crippen LogP contribution in [-0.4, -0.2) is 27.9 Å². The molecule has 120 valence electrons. The fourth-order valence-corrected chi connectivity index (χ4v) is 1.86. The van der Waals surface area contributed by atoms with Gasteiger partial charge in [0.05, 0.1) is 6.20 Å². The average Bonchev–Trinajstić information content (AvgIpc) is 2.78. The molecular weight excluding hydrogens is 268 g/mol. The van der Waals surface area contributed by atoms with Crippen molar-refractivity contribution in [1.82, 2.24) is 15.5 Å². The SMILES string of the molecule is CCCCC(C)NCc1cn[nH]c1NC(=O)OC(C)(C)C. The minimum atomic E-state index is -0.517. The zero-order valence-corrected chi connectivity index (χ0v) is 13.7. The van der Waals surface area contributed by atoms with Gasteiger partial charge in [0.2, 0.25) is 0 Å². The monoisotopic (exact) mass is 296 g/mol. The third-order valence-corrected chi connectivity index (χ3v) is 2.98. The van der Waals surface area contributed by atoms with Gasteiger partial charge in [0.1, 0.15) is 11.4 Å². The van der Waals surface area contributed by atoms with Crippen LogP contribution in [0.4, 0.5) is 10.6 Å². The number of H-pyrrole nitrogens is 1. The Morgan fingerprint density at radius 3 is 2.81 bits per heavy atom. The molecule has 6 nitrogen and oxygen atoms in total. The molecule has 0 spiro atoms. The number of carbonyl (C=O) groups excluding carboxylic acids is 1. The van der Waals surface area contributed by atoms with E-state index in [1.54, 1.807) is 6.20 Å². The Balaban J connectivity index is 2.48. The summed E-state index contributed by atoms with van der Waals surface area (Å²) in [7, 11) is 0. The van der Waals surface area contributed by atoms with Crippen LogP contribution in [0.15, 0.2) is 6.20 Å². The van der Waals surface area contributed by atoms with Crippen LogP contribution in [0.1, 0.15) is 59.4 Å². The molecule has 1 amide bonds. The Hall–Kier alpha value is -1.56. The van der Waals surface area contributed by atoms with Crippen molar-refractivity contribution in [2.24, 2.45) is 0 Å². The number of hydrogen-bond acceptors (Lipinski definition) is 4. The molecule has 1 unspecified atom stereocenters. The lowest BCUT2D eigenvalue weighted by Gasteiger charge is -2.19. The minimum Gasteiger partial charge on any atom is -0.444 e. The molecule has 21 heavy (non-hydrogen) atoms. The summed E-state index contributed by atoms with van der Waals surface area (Å²) in [5.41, 5.74) is 0.404. The van der Waals surface area contributed by atoms with Gasteiger partial charge in [-0.3, -0.25) is 10.4 Å². The average molecular weight is 296 g/mol. The molecule has 0 radical (unpaired) electrons. The van der Waals surface area contributed by atoms with Gasteiger partial charge in [0.25, 0.3) is 0 Å². The summed E-state index contributed by atoms with van der Waals surface area (Å²) in [6, 6.07) is 0.439. The number of rotatable bonds is 7. The molecular formula is C15H28N4O2. The normalized spacial score (nSPS) is 13.0. The smallest absolute Gasteiger partial charge is 0.413 e. The topological polar surface area (TPSA) is 79.0 Å². The Kier molecular flexibility index (Phi) is 6.68. The second-order valence-electron chi connectivity index (χ2n) is 6.32. The summed E-state index contributed by atoms with van der Waals surface area (Å²) >= 11 is 0. The number of aromatic nitrogens is 2. The van der Waals surface area contributed by atoms with Gasteiger partial charge in [-0.15, -0.1) is 0 Å². The van der Waals surface area contributed by atoms with Crippen molar-refractivity contribution < 1.29 is 9.53 Å². The van der Waals surface area contributed by atoms with E-state index >= 15 is 0 Å². The molecule has 0 aromatic carbocycles. The van der Waals surface area contributed by atoms with Crippen LogP contribution in [-0.2, 0) is 11.3 Å². The third kappa shape index (κ3) is 7.13. The lowest BCUT2D eigenvalue weighted by Crippen LogP contribution is -2.28. The van der Waals surface area contributed by atoms with Crippen LogP contribution in [0.25, 0.3) is 0 Å². The van der Waals surface area contributed by atoms with Gasteiger partial charge in [0, 0.05) is 18.2 Å². The number of aromatic amines is 1. The number of unbranched alkanes of at least 4 members (excludes halogenated alkanes) is 1. The molecule has 0 saturated heterocycles. The molecule has 1 aromatic rings. The van der Waals surface area contributed by atoms with E-state index in [0.717, 1.165) is 12.0 Å². The molecule has 1 aromatic heterocycles. The van der Waals surface area contributed by atoms with Gasteiger partial charge in [0.15, 0.2) is 0 Å². The maximum atomic E-state index is 11.8. The number of anilines is 1. The second kappa shape index (κ2) is 8.02. The molecule has 0 aliphatic carbocycles. The maximum absolute atomic E-state index is 11.8. The maximum Gasteiger partial charge on any atom is 0.413 e. The lowest BCUT2D eigenvalue weighted by molar-refractivity contribution is 0.0635. The van der Waals surface area contributed by atoms with E-state index in [1.807, 2.05) is 20.8 Å². The quantitative estimate of drug-likeness (QED) is 0.720. The minimum absolute atomic E-state index is 0.439. The van der Waals surface area contributed by atoms with E-state index in [4.69, 9.17) is 4.74 Å². The lowest BCUT2D eigenvalue weighted by atomic mass is 10.1. The van der Waals surface area contributed by atoms with Crippen molar-refractivity contribution in [2.75, 3.05) is 5.32 Å². The first-order chi connectivity index (χ1) is 9.81. The molecule has 0 bridgehead atoms. The Labute approximate surface area is 127 Å². The standard InChI is InChI=1S/C15H28N4O2/c1-6-7-8-11(2)16-9-12-10-17-19-13(12)18-14(20)21-15(3,4)5/h10-11,16H,6-9H2,1-5H3,(H2,17,18,19,20). The van der Waals surface area contributed by atoms with Crippen molar-refractivity contribution in [1.29, 1.82) is 0 Å². The van der Waals surface area contributed by atoms with E-state index in [-0.39, 0.29) is 0 Å². The van der Waals surface area contributed by atoms with Crippen LogP contribution in [0.3, 0.4) is 0 Å². The third-order valence-electron chi connectivity index (χ3n) is 2.98. The summed E-state index contributed by atoms with van der Waals surface area (Å²) in [5, 5.41) is 12.9. The van der Waals surface area contributed by atoms with Crippen molar-refractivity contribution in [3.63, 3.8) is 0 Å². The molecule has 0 aliphatic rings. The number of ether oxygens (including phenoxy) is 1. The predicted molar refractivity (Wildman–Crippen MR) is 84.3 cm³/mol. The zero-order valence-electron chi connectivity index (χ0n) is 13.7.